The van der Waals surface area contributed by atoms with Gasteiger partial charge in [0.25, 0.3) is 0 Å². The average molecular weight is 144 g/mol. The monoisotopic (exact) mass is 144 g/mol. The second-order valence-corrected chi connectivity index (χ2v) is 2.54. The largest absolute Gasteiger partial charge is 0.380 e. The highest BCUT2D eigenvalue weighted by Gasteiger charge is 1.83. The topological polar surface area (TPSA) is 9.23 Å². The third kappa shape index (κ3) is 7.87. The SMILES string of the molecule is C#CCCOCCSC. The van der Waals surface area contributed by atoms with E-state index in [4.69, 9.17) is 11.2 Å². The van der Waals surface area contributed by atoms with Crippen molar-refractivity contribution in [3.05, 3.63) is 0 Å². The van der Waals surface area contributed by atoms with Crippen LogP contribution in [0.5, 0.6) is 0 Å². The quantitative estimate of drug-likeness (QED) is 0.426. The van der Waals surface area contributed by atoms with Gasteiger partial charge in [-0.05, 0) is 6.26 Å². The highest BCUT2D eigenvalue weighted by molar-refractivity contribution is 7.98. The summed E-state index contributed by atoms with van der Waals surface area (Å²) in [6.45, 7) is 1.53. The Morgan fingerprint density at radius 2 is 2.33 bits per heavy atom. The molecule has 0 saturated heterocycles. The van der Waals surface area contributed by atoms with Crippen LogP contribution in [-0.2, 0) is 4.74 Å². The van der Waals surface area contributed by atoms with Gasteiger partial charge in [-0.3, -0.25) is 0 Å². The summed E-state index contributed by atoms with van der Waals surface area (Å²) in [4.78, 5) is 0. The van der Waals surface area contributed by atoms with Crippen LogP contribution in [0.4, 0.5) is 0 Å². The summed E-state index contributed by atoms with van der Waals surface area (Å²) in [7, 11) is 0. The summed E-state index contributed by atoms with van der Waals surface area (Å²) in [6.07, 6.45) is 7.80. The molecule has 1 nitrogen and oxygen atoms in total. The van der Waals surface area contributed by atoms with Gasteiger partial charge in [0.05, 0.1) is 13.2 Å². The molecule has 0 radical (unpaired) electrons. The number of rotatable bonds is 5. The van der Waals surface area contributed by atoms with Crippen molar-refractivity contribution in [3.8, 4) is 12.3 Å². The molecule has 0 fully saturated rings. The van der Waals surface area contributed by atoms with Crippen LogP contribution < -0.4 is 0 Å². The smallest absolute Gasteiger partial charge is 0.0575 e. The summed E-state index contributed by atoms with van der Waals surface area (Å²) in [5.74, 6) is 3.57. The lowest BCUT2D eigenvalue weighted by atomic mass is 10.5. The molecule has 0 aromatic rings. The Bertz CT molecular complexity index is 85.4. The fourth-order valence-electron chi connectivity index (χ4n) is 0.375. The highest BCUT2D eigenvalue weighted by Crippen LogP contribution is 1.90. The number of terminal acetylenes is 1. The lowest BCUT2D eigenvalue weighted by Gasteiger charge is -1.97. The van der Waals surface area contributed by atoms with Crippen molar-refractivity contribution < 1.29 is 4.74 Å². The second kappa shape index (κ2) is 7.87. The number of thioether (sulfide) groups is 1. The van der Waals surface area contributed by atoms with E-state index in [0.29, 0.717) is 6.61 Å². The standard InChI is InChI=1S/C7H12OS/c1-3-4-5-8-6-7-9-2/h1H,4-7H2,2H3. The number of ether oxygens (including phenoxy) is 1. The van der Waals surface area contributed by atoms with Crippen molar-refractivity contribution >= 4 is 11.8 Å². The number of hydrogen-bond donors (Lipinski definition) is 0. The molecule has 0 N–H and O–H groups in total. The van der Waals surface area contributed by atoms with E-state index in [2.05, 4.69) is 12.2 Å². The zero-order valence-electron chi connectivity index (χ0n) is 5.72. The Labute approximate surface area is 61.2 Å². The molecule has 0 aliphatic carbocycles. The molecule has 52 valence electrons. The molecule has 0 bridgehead atoms. The van der Waals surface area contributed by atoms with Crippen LogP contribution in [0.25, 0.3) is 0 Å². The van der Waals surface area contributed by atoms with Crippen molar-refractivity contribution in [3.63, 3.8) is 0 Å². The minimum absolute atomic E-state index is 0.705. The fraction of sp³-hybridized carbons (Fsp3) is 0.714. The first-order chi connectivity index (χ1) is 4.41. The summed E-state index contributed by atoms with van der Waals surface area (Å²) in [5.41, 5.74) is 0. The molecule has 0 heterocycles. The van der Waals surface area contributed by atoms with Gasteiger partial charge < -0.3 is 4.74 Å². The molecule has 2 heteroatoms. The van der Waals surface area contributed by atoms with E-state index in [9.17, 15) is 0 Å². The van der Waals surface area contributed by atoms with E-state index in [0.717, 1.165) is 18.8 Å². The Hall–Kier alpha value is -0.130. The minimum atomic E-state index is 0.705. The first-order valence-corrected chi connectivity index (χ1v) is 4.31. The molecule has 9 heavy (non-hydrogen) atoms. The molecule has 0 aliphatic rings. The van der Waals surface area contributed by atoms with E-state index >= 15 is 0 Å². The zero-order chi connectivity index (χ0) is 6.95. The van der Waals surface area contributed by atoms with E-state index in [1.165, 1.54) is 0 Å². The molecule has 0 aromatic carbocycles. The molecule has 0 aliphatic heterocycles. The van der Waals surface area contributed by atoms with Crippen LogP contribution in [0.3, 0.4) is 0 Å². The third-order valence-corrected chi connectivity index (χ3v) is 1.40. The highest BCUT2D eigenvalue weighted by atomic mass is 32.2. The van der Waals surface area contributed by atoms with Crippen LogP contribution in [0, 0.1) is 12.3 Å². The summed E-state index contributed by atoms with van der Waals surface area (Å²) >= 11 is 1.78. The summed E-state index contributed by atoms with van der Waals surface area (Å²) in [6, 6.07) is 0. The lowest BCUT2D eigenvalue weighted by Crippen LogP contribution is -1.97. The molecule has 0 spiro atoms. The Morgan fingerprint density at radius 1 is 1.56 bits per heavy atom. The van der Waals surface area contributed by atoms with E-state index in [1.54, 1.807) is 11.8 Å². The van der Waals surface area contributed by atoms with Crippen molar-refractivity contribution in [2.45, 2.75) is 6.42 Å². The zero-order valence-corrected chi connectivity index (χ0v) is 6.54. The average Bonchev–Trinajstić information content (AvgIpc) is 1.89. The van der Waals surface area contributed by atoms with Gasteiger partial charge in [-0.2, -0.15) is 11.8 Å². The van der Waals surface area contributed by atoms with Crippen LogP contribution in [0.1, 0.15) is 6.42 Å². The molecule has 0 atom stereocenters. The molecule has 0 aromatic heterocycles. The van der Waals surface area contributed by atoms with Crippen molar-refractivity contribution in [1.82, 2.24) is 0 Å². The van der Waals surface area contributed by atoms with Crippen molar-refractivity contribution in [1.29, 1.82) is 0 Å². The Morgan fingerprint density at radius 3 is 2.89 bits per heavy atom. The summed E-state index contributed by atoms with van der Waals surface area (Å²) in [5, 5.41) is 0. The maximum absolute atomic E-state index is 5.15. The first kappa shape index (κ1) is 8.87. The van der Waals surface area contributed by atoms with E-state index in [1.807, 2.05) is 0 Å². The van der Waals surface area contributed by atoms with Gasteiger partial charge >= 0.3 is 0 Å². The van der Waals surface area contributed by atoms with Crippen LogP contribution >= 0.6 is 11.8 Å². The molecular weight excluding hydrogens is 132 g/mol. The maximum atomic E-state index is 5.15. The molecular formula is C7H12OS. The number of hydrogen-bond acceptors (Lipinski definition) is 2. The van der Waals surface area contributed by atoms with E-state index < -0.39 is 0 Å². The maximum Gasteiger partial charge on any atom is 0.0575 e. The minimum Gasteiger partial charge on any atom is -0.380 e. The second-order valence-electron chi connectivity index (χ2n) is 1.56. The van der Waals surface area contributed by atoms with Crippen molar-refractivity contribution in [2.24, 2.45) is 0 Å². The molecule has 0 amide bonds. The van der Waals surface area contributed by atoms with Gasteiger partial charge in [-0.1, -0.05) is 0 Å². The van der Waals surface area contributed by atoms with Crippen molar-refractivity contribution in [2.75, 3.05) is 25.2 Å². The first-order valence-electron chi connectivity index (χ1n) is 2.92. The predicted octanol–water partition coefficient (Wildman–Crippen LogP) is 1.39. The van der Waals surface area contributed by atoms with Gasteiger partial charge in [0.2, 0.25) is 0 Å². The summed E-state index contributed by atoms with van der Waals surface area (Å²) < 4.78 is 5.15. The fourth-order valence-corrected chi connectivity index (χ4v) is 0.660. The van der Waals surface area contributed by atoms with Crippen LogP contribution in [0.15, 0.2) is 0 Å². The van der Waals surface area contributed by atoms with Gasteiger partial charge in [0.1, 0.15) is 0 Å². The lowest BCUT2D eigenvalue weighted by molar-refractivity contribution is 0.156. The predicted molar refractivity (Wildman–Crippen MR) is 42.7 cm³/mol. The van der Waals surface area contributed by atoms with Gasteiger partial charge in [-0.15, -0.1) is 12.3 Å². The van der Waals surface area contributed by atoms with E-state index in [-0.39, 0.29) is 0 Å². The Balaban J connectivity index is 2.69. The van der Waals surface area contributed by atoms with Gasteiger partial charge in [-0.25, -0.2) is 0 Å². The normalized spacial score (nSPS) is 8.89. The third-order valence-electron chi connectivity index (χ3n) is 0.823. The van der Waals surface area contributed by atoms with Gasteiger partial charge in [0, 0.05) is 12.2 Å². The Kier molecular flexibility index (Phi) is 7.76. The molecule has 0 saturated carbocycles. The van der Waals surface area contributed by atoms with Crippen LogP contribution in [-0.4, -0.2) is 25.2 Å². The van der Waals surface area contributed by atoms with Crippen LogP contribution in [0.2, 0.25) is 0 Å². The van der Waals surface area contributed by atoms with Gasteiger partial charge in [0.15, 0.2) is 0 Å². The molecule has 0 unspecified atom stereocenters. The molecule has 0 rings (SSSR count).